The SMILES string of the molecule is CCCCOC(=O)c1cc(NC(=O)Cn2c(O)c(C=C3C=Nc4c(CC)cccc43)sc2=O)ccc1Cl. The smallest absolute Gasteiger partial charge is 0.339 e. The van der Waals surface area contributed by atoms with E-state index >= 15 is 0 Å². The number of carbonyl (C=O) groups excluding carboxylic acids is 2. The number of anilines is 1. The zero-order valence-corrected chi connectivity index (χ0v) is 22.0. The van der Waals surface area contributed by atoms with E-state index in [4.69, 9.17) is 16.3 Å². The molecule has 0 spiro atoms. The quantitative estimate of drug-likeness (QED) is 0.268. The second kappa shape index (κ2) is 11.6. The molecule has 0 fully saturated rings. The Labute approximate surface area is 222 Å². The van der Waals surface area contributed by atoms with E-state index in [1.54, 1.807) is 12.3 Å². The number of unbranched alkanes of at least 4 members (excludes halogenated alkanes) is 1. The summed E-state index contributed by atoms with van der Waals surface area (Å²) in [4.78, 5) is 41.9. The summed E-state index contributed by atoms with van der Waals surface area (Å²) in [6.45, 7) is 3.91. The number of fused-ring (bicyclic) bond motifs is 1. The van der Waals surface area contributed by atoms with Gasteiger partial charge in [0, 0.05) is 23.0 Å². The van der Waals surface area contributed by atoms with Gasteiger partial charge in [-0.3, -0.25) is 19.1 Å². The number of nitrogens with one attached hydrogen (secondary N) is 1. The van der Waals surface area contributed by atoms with Crippen LogP contribution in [0.1, 0.15) is 53.1 Å². The third-order valence-electron chi connectivity index (χ3n) is 5.83. The second-order valence-corrected chi connectivity index (χ2v) is 9.80. The molecule has 0 atom stereocenters. The van der Waals surface area contributed by atoms with E-state index in [1.165, 1.54) is 18.2 Å². The Balaban J connectivity index is 1.49. The fraction of sp³-hybridized carbons (Fsp3) is 0.259. The largest absolute Gasteiger partial charge is 0.493 e. The number of thiazole rings is 1. The van der Waals surface area contributed by atoms with Gasteiger partial charge in [-0.05, 0) is 42.7 Å². The Hall–Kier alpha value is -3.69. The number of aliphatic imine (C=N–C) groups is 1. The molecular formula is C27H26ClN3O5S. The molecule has 37 heavy (non-hydrogen) atoms. The lowest BCUT2D eigenvalue weighted by Crippen LogP contribution is -2.24. The summed E-state index contributed by atoms with van der Waals surface area (Å²) in [6, 6.07) is 10.3. The van der Waals surface area contributed by atoms with Gasteiger partial charge in [0.2, 0.25) is 11.8 Å². The van der Waals surface area contributed by atoms with Crippen LogP contribution in [0.15, 0.2) is 46.2 Å². The molecule has 0 saturated heterocycles. The number of rotatable bonds is 9. The highest BCUT2D eigenvalue weighted by molar-refractivity contribution is 7.10. The minimum Gasteiger partial charge on any atom is -0.493 e. The molecule has 1 aliphatic rings. The van der Waals surface area contributed by atoms with Crippen molar-refractivity contribution in [2.75, 3.05) is 11.9 Å². The van der Waals surface area contributed by atoms with E-state index in [1.807, 2.05) is 25.1 Å². The van der Waals surface area contributed by atoms with Gasteiger partial charge in [0.15, 0.2) is 0 Å². The first-order chi connectivity index (χ1) is 17.8. The van der Waals surface area contributed by atoms with E-state index in [9.17, 15) is 19.5 Å². The average molecular weight is 540 g/mol. The summed E-state index contributed by atoms with van der Waals surface area (Å²) >= 11 is 6.97. The molecule has 1 aromatic heterocycles. The lowest BCUT2D eigenvalue weighted by molar-refractivity contribution is -0.116. The van der Waals surface area contributed by atoms with Crippen molar-refractivity contribution in [1.29, 1.82) is 0 Å². The van der Waals surface area contributed by atoms with Crippen molar-refractivity contribution in [2.24, 2.45) is 4.99 Å². The number of nitrogens with zero attached hydrogens (tertiary/aromatic N) is 2. The molecule has 4 rings (SSSR count). The number of ether oxygens (including phenoxy) is 1. The van der Waals surface area contributed by atoms with Gasteiger partial charge >= 0.3 is 10.8 Å². The minimum atomic E-state index is -0.581. The zero-order chi connectivity index (χ0) is 26.5. The maximum Gasteiger partial charge on any atom is 0.339 e. The topological polar surface area (TPSA) is 110 Å². The van der Waals surface area contributed by atoms with E-state index in [0.717, 1.165) is 57.6 Å². The van der Waals surface area contributed by atoms with Crippen LogP contribution in [-0.4, -0.2) is 34.4 Å². The molecule has 2 heterocycles. The molecule has 0 radical (unpaired) electrons. The van der Waals surface area contributed by atoms with Gasteiger partial charge in [-0.15, -0.1) is 0 Å². The highest BCUT2D eigenvalue weighted by Gasteiger charge is 2.20. The molecular weight excluding hydrogens is 514 g/mol. The summed E-state index contributed by atoms with van der Waals surface area (Å²) in [5.41, 5.74) is 4.15. The Morgan fingerprint density at radius 3 is 2.81 bits per heavy atom. The number of amides is 1. The first-order valence-corrected chi connectivity index (χ1v) is 13.1. The minimum absolute atomic E-state index is 0.129. The summed E-state index contributed by atoms with van der Waals surface area (Å²) in [5, 5.41) is 13.6. The first-order valence-electron chi connectivity index (χ1n) is 11.9. The molecule has 1 amide bonds. The number of carbonyl (C=O) groups is 2. The highest BCUT2D eigenvalue weighted by Crippen LogP contribution is 2.37. The van der Waals surface area contributed by atoms with Crippen LogP contribution in [0.3, 0.4) is 0 Å². The molecule has 10 heteroatoms. The third kappa shape index (κ3) is 5.84. The van der Waals surface area contributed by atoms with Gasteiger partial charge in [-0.25, -0.2) is 4.79 Å². The normalized spacial score (nSPS) is 13.1. The van der Waals surface area contributed by atoms with Crippen LogP contribution in [0.2, 0.25) is 5.02 Å². The molecule has 0 aliphatic carbocycles. The average Bonchev–Trinajstić information content (AvgIpc) is 3.41. The summed E-state index contributed by atoms with van der Waals surface area (Å²) in [7, 11) is 0. The Bertz CT molecular complexity index is 1470. The van der Waals surface area contributed by atoms with Crippen LogP contribution in [0, 0.1) is 0 Å². The molecule has 8 nitrogen and oxygen atoms in total. The summed E-state index contributed by atoms with van der Waals surface area (Å²) < 4.78 is 6.20. The van der Waals surface area contributed by atoms with Crippen molar-refractivity contribution in [2.45, 2.75) is 39.7 Å². The maximum atomic E-state index is 12.7. The highest BCUT2D eigenvalue weighted by atomic mass is 35.5. The molecule has 1 aliphatic heterocycles. The van der Waals surface area contributed by atoms with Crippen LogP contribution in [0.25, 0.3) is 11.6 Å². The second-order valence-electron chi connectivity index (χ2n) is 8.40. The summed E-state index contributed by atoms with van der Waals surface area (Å²) in [5.74, 6) is -1.44. The lowest BCUT2D eigenvalue weighted by atomic mass is 10.0. The Kier molecular flexibility index (Phi) is 8.25. The van der Waals surface area contributed by atoms with Gasteiger partial charge < -0.3 is 15.2 Å². The Morgan fingerprint density at radius 1 is 1.24 bits per heavy atom. The van der Waals surface area contributed by atoms with E-state index in [2.05, 4.69) is 17.2 Å². The molecule has 0 bridgehead atoms. The predicted molar refractivity (Wildman–Crippen MR) is 147 cm³/mol. The molecule has 192 valence electrons. The standard InChI is InChI=1S/C27H26ClN3O5S/c1-3-5-11-36-26(34)20-13-18(9-10-21(20)28)30-23(32)15-31-25(33)22(37-27(31)35)12-17-14-29-24-16(4-2)7-6-8-19(17)24/h6-10,12-14,33H,3-5,11,15H2,1-2H3,(H,30,32). The van der Waals surface area contributed by atoms with Gasteiger partial charge in [0.05, 0.1) is 27.8 Å². The number of esters is 1. The van der Waals surface area contributed by atoms with Crippen LogP contribution in [0.5, 0.6) is 5.88 Å². The van der Waals surface area contributed by atoms with E-state index in [-0.39, 0.29) is 23.1 Å². The number of aromatic nitrogens is 1. The number of hydrogen-bond donors (Lipinski definition) is 2. The van der Waals surface area contributed by atoms with Crippen molar-refractivity contribution >= 4 is 64.1 Å². The fourth-order valence-electron chi connectivity index (χ4n) is 3.86. The van der Waals surface area contributed by atoms with E-state index < -0.39 is 23.3 Å². The number of para-hydroxylation sites is 1. The predicted octanol–water partition coefficient (Wildman–Crippen LogP) is 5.68. The van der Waals surface area contributed by atoms with Crippen molar-refractivity contribution in [3.05, 3.63) is 72.7 Å². The number of hydrogen-bond acceptors (Lipinski definition) is 7. The molecule has 3 aromatic rings. The molecule has 0 saturated carbocycles. The van der Waals surface area contributed by atoms with E-state index in [0.29, 0.717) is 10.6 Å². The number of aromatic hydroxyl groups is 1. The van der Waals surface area contributed by atoms with Crippen molar-refractivity contribution in [3.63, 3.8) is 0 Å². The van der Waals surface area contributed by atoms with Crippen LogP contribution < -0.4 is 10.2 Å². The van der Waals surface area contributed by atoms with Crippen LogP contribution in [0.4, 0.5) is 11.4 Å². The molecule has 0 unspecified atom stereocenters. The van der Waals surface area contributed by atoms with Crippen molar-refractivity contribution in [3.8, 4) is 5.88 Å². The van der Waals surface area contributed by atoms with Crippen LogP contribution in [-0.2, 0) is 22.5 Å². The number of aryl methyl sites for hydroxylation is 1. The number of halogens is 1. The third-order valence-corrected chi connectivity index (χ3v) is 7.07. The van der Waals surface area contributed by atoms with Gasteiger partial charge in [-0.2, -0.15) is 0 Å². The van der Waals surface area contributed by atoms with Crippen molar-refractivity contribution < 1.29 is 19.4 Å². The molecule has 2 N–H and O–H groups in total. The number of allylic oxidation sites excluding steroid dienone is 1. The van der Waals surface area contributed by atoms with Gasteiger partial charge in [0.25, 0.3) is 0 Å². The zero-order valence-electron chi connectivity index (χ0n) is 20.4. The Morgan fingerprint density at radius 2 is 2.05 bits per heavy atom. The van der Waals surface area contributed by atoms with Gasteiger partial charge in [0.1, 0.15) is 6.54 Å². The molecule has 2 aromatic carbocycles. The monoisotopic (exact) mass is 539 g/mol. The fourth-order valence-corrected chi connectivity index (χ4v) is 4.89. The van der Waals surface area contributed by atoms with Crippen molar-refractivity contribution in [1.82, 2.24) is 4.57 Å². The van der Waals surface area contributed by atoms with Gasteiger partial charge in [-0.1, -0.05) is 61.4 Å². The summed E-state index contributed by atoms with van der Waals surface area (Å²) in [6.07, 6.45) is 5.85. The maximum absolute atomic E-state index is 12.7. The number of benzene rings is 2. The van der Waals surface area contributed by atoms with Crippen LogP contribution >= 0.6 is 22.9 Å². The first kappa shape index (κ1) is 26.4. The lowest BCUT2D eigenvalue weighted by Gasteiger charge is -2.10.